The summed E-state index contributed by atoms with van der Waals surface area (Å²) in [5, 5.41) is 9.76. The Morgan fingerprint density at radius 2 is 2.47 bits per heavy atom. The number of aromatic amines is 1. The quantitative estimate of drug-likeness (QED) is 0.915. The molecule has 1 atom stereocenters. The van der Waals surface area contributed by atoms with Crippen molar-refractivity contribution >= 4 is 34.7 Å². The van der Waals surface area contributed by atoms with Crippen molar-refractivity contribution in [3.63, 3.8) is 0 Å². The maximum absolute atomic E-state index is 11.9. The van der Waals surface area contributed by atoms with Crippen LogP contribution in [0.4, 0.5) is 5.82 Å². The molecule has 3 heterocycles. The largest absolute Gasteiger partial charge is 0.381 e. The summed E-state index contributed by atoms with van der Waals surface area (Å²) in [5.41, 5.74) is 0.842. The number of halogens is 1. The van der Waals surface area contributed by atoms with Crippen LogP contribution in [0.2, 0.25) is 4.34 Å². The van der Waals surface area contributed by atoms with Gasteiger partial charge in [-0.05, 0) is 18.6 Å². The van der Waals surface area contributed by atoms with Crippen molar-refractivity contribution in [2.24, 2.45) is 5.92 Å². The fourth-order valence-corrected chi connectivity index (χ4v) is 2.95. The Kier molecular flexibility index (Phi) is 3.54. The monoisotopic (exact) mass is 297 g/mol. The maximum Gasteiger partial charge on any atom is 0.231 e. The van der Waals surface area contributed by atoms with Crippen LogP contribution < -0.4 is 5.32 Å². The van der Waals surface area contributed by atoms with Crippen molar-refractivity contribution in [1.29, 1.82) is 0 Å². The highest BCUT2D eigenvalue weighted by atomic mass is 35.5. The van der Waals surface area contributed by atoms with Gasteiger partial charge < -0.3 is 10.1 Å². The molecule has 2 aromatic heterocycles. The number of carbonyl (C=O) groups is 1. The molecule has 0 radical (unpaired) electrons. The van der Waals surface area contributed by atoms with Crippen molar-refractivity contribution in [2.75, 3.05) is 18.5 Å². The van der Waals surface area contributed by atoms with Crippen LogP contribution in [0.15, 0.2) is 18.2 Å². The van der Waals surface area contributed by atoms with Crippen LogP contribution >= 0.6 is 22.9 Å². The van der Waals surface area contributed by atoms with Crippen LogP contribution in [-0.4, -0.2) is 29.3 Å². The average Bonchev–Trinajstić information content (AvgIpc) is 3.07. The summed E-state index contributed by atoms with van der Waals surface area (Å²) in [6.45, 7) is 1.14. The molecule has 0 saturated carbocycles. The fraction of sp³-hybridized carbons (Fsp3) is 0.333. The van der Waals surface area contributed by atoms with E-state index in [0.717, 1.165) is 21.3 Å². The van der Waals surface area contributed by atoms with Gasteiger partial charge in [0.2, 0.25) is 5.91 Å². The van der Waals surface area contributed by atoms with E-state index in [1.54, 1.807) is 6.07 Å². The van der Waals surface area contributed by atoms with Gasteiger partial charge in [-0.1, -0.05) is 11.6 Å². The smallest absolute Gasteiger partial charge is 0.231 e. The highest BCUT2D eigenvalue weighted by Crippen LogP contribution is 2.30. The van der Waals surface area contributed by atoms with Crippen molar-refractivity contribution < 1.29 is 9.53 Å². The summed E-state index contributed by atoms with van der Waals surface area (Å²) in [6.07, 6.45) is 0.768. The molecule has 1 saturated heterocycles. The van der Waals surface area contributed by atoms with Gasteiger partial charge in [-0.2, -0.15) is 5.10 Å². The Hall–Kier alpha value is -1.37. The van der Waals surface area contributed by atoms with Gasteiger partial charge in [0.1, 0.15) is 0 Å². The molecule has 2 aromatic rings. The topological polar surface area (TPSA) is 67.0 Å². The summed E-state index contributed by atoms with van der Waals surface area (Å²) >= 11 is 7.35. The first kappa shape index (κ1) is 12.7. The first-order valence-corrected chi connectivity index (χ1v) is 7.11. The van der Waals surface area contributed by atoms with Crippen LogP contribution in [0, 0.1) is 5.92 Å². The number of nitrogens with zero attached hydrogens (tertiary/aromatic N) is 1. The van der Waals surface area contributed by atoms with E-state index in [4.69, 9.17) is 16.3 Å². The van der Waals surface area contributed by atoms with E-state index >= 15 is 0 Å². The number of H-pyrrole nitrogens is 1. The second-order valence-corrected chi connectivity index (χ2v) is 6.04. The number of nitrogens with one attached hydrogen (secondary N) is 2. The zero-order valence-corrected chi connectivity index (χ0v) is 11.6. The van der Waals surface area contributed by atoms with Gasteiger partial charge in [0.15, 0.2) is 5.82 Å². The lowest BCUT2D eigenvalue weighted by Crippen LogP contribution is -2.22. The molecule has 1 fully saturated rings. The molecule has 5 nitrogen and oxygen atoms in total. The summed E-state index contributed by atoms with van der Waals surface area (Å²) in [7, 11) is 0. The zero-order valence-electron chi connectivity index (χ0n) is 9.98. The lowest BCUT2D eigenvalue weighted by Gasteiger charge is -2.05. The molecule has 0 spiro atoms. The zero-order chi connectivity index (χ0) is 13.2. The number of rotatable bonds is 3. The van der Waals surface area contributed by atoms with E-state index in [0.29, 0.717) is 19.0 Å². The molecule has 0 aliphatic carbocycles. The molecule has 19 heavy (non-hydrogen) atoms. The van der Waals surface area contributed by atoms with E-state index in [2.05, 4.69) is 15.5 Å². The molecule has 2 N–H and O–H groups in total. The number of aromatic nitrogens is 2. The lowest BCUT2D eigenvalue weighted by atomic mass is 10.1. The van der Waals surface area contributed by atoms with Crippen molar-refractivity contribution in [2.45, 2.75) is 6.42 Å². The van der Waals surface area contributed by atoms with Gasteiger partial charge in [0.05, 0.1) is 27.4 Å². The van der Waals surface area contributed by atoms with E-state index in [9.17, 15) is 4.79 Å². The van der Waals surface area contributed by atoms with Gasteiger partial charge in [0, 0.05) is 12.7 Å². The molecule has 7 heteroatoms. The van der Waals surface area contributed by atoms with E-state index in [-0.39, 0.29) is 11.8 Å². The molecule has 3 rings (SSSR count). The van der Waals surface area contributed by atoms with E-state index in [1.807, 2.05) is 12.1 Å². The third kappa shape index (κ3) is 2.80. The van der Waals surface area contributed by atoms with Gasteiger partial charge in [-0.15, -0.1) is 11.3 Å². The van der Waals surface area contributed by atoms with Crippen molar-refractivity contribution in [3.05, 3.63) is 22.5 Å². The molecule has 0 unspecified atom stereocenters. The summed E-state index contributed by atoms with van der Waals surface area (Å²) in [5.74, 6) is 0.410. The first-order valence-electron chi connectivity index (χ1n) is 5.92. The molecule has 1 amide bonds. The van der Waals surface area contributed by atoms with Crippen molar-refractivity contribution in [1.82, 2.24) is 10.2 Å². The van der Waals surface area contributed by atoms with Crippen LogP contribution in [0.1, 0.15) is 6.42 Å². The summed E-state index contributed by atoms with van der Waals surface area (Å²) in [6, 6.07) is 5.54. The minimum absolute atomic E-state index is 0.0419. The number of hydrogen-bond acceptors (Lipinski definition) is 4. The SMILES string of the molecule is O=C(Nc1cc(-c2ccc(Cl)s2)[nH]n1)[C@H]1CCOC1. The summed E-state index contributed by atoms with van der Waals surface area (Å²) in [4.78, 5) is 12.9. The molecule has 100 valence electrons. The second-order valence-electron chi connectivity index (χ2n) is 4.32. The number of carbonyl (C=O) groups excluding carboxylic acids is 1. The highest BCUT2D eigenvalue weighted by molar-refractivity contribution is 7.19. The normalized spacial score (nSPS) is 18.7. The Balaban J connectivity index is 1.69. The van der Waals surface area contributed by atoms with Crippen LogP contribution in [-0.2, 0) is 9.53 Å². The molecular weight excluding hydrogens is 286 g/mol. The van der Waals surface area contributed by atoms with Gasteiger partial charge >= 0.3 is 0 Å². The van der Waals surface area contributed by atoms with Gasteiger partial charge in [0.25, 0.3) is 0 Å². The lowest BCUT2D eigenvalue weighted by molar-refractivity contribution is -0.119. The number of amides is 1. The number of thiophene rings is 1. The Morgan fingerprint density at radius 3 is 3.16 bits per heavy atom. The average molecular weight is 298 g/mol. The molecular formula is C12H12ClN3O2S. The predicted molar refractivity (Wildman–Crippen MR) is 74.5 cm³/mol. The highest BCUT2D eigenvalue weighted by Gasteiger charge is 2.24. The van der Waals surface area contributed by atoms with Gasteiger partial charge in [-0.3, -0.25) is 9.89 Å². The maximum atomic E-state index is 11.9. The minimum Gasteiger partial charge on any atom is -0.381 e. The number of hydrogen-bond donors (Lipinski definition) is 2. The van der Waals surface area contributed by atoms with Crippen molar-refractivity contribution in [3.8, 4) is 10.6 Å². The number of anilines is 1. The Bertz CT molecular complexity index is 589. The van der Waals surface area contributed by atoms with E-state index < -0.39 is 0 Å². The third-order valence-electron chi connectivity index (χ3n) is 2.97. The number of ether oxygens (including phenoxy) is 1. The second kappa shape index (κ2) is 5.32. The molecule has 1 aliphatic rings. The molecule has 0 aromatic carbocycles. The predicted octanol–water partition coefficient (Wildman–Crippen LogP) is 2.77. The van der Waals surface area contributed by atoms with Crippen LogP contribution in [0.25, 0.3) is 10.6 Å². The summed E-state index contributed by atoms with van der Waals surface area (Å²) < 4.78 is 5.91. The minimum atomic E-state index is -0.0728. The Morgan fingerprint density at radius 1 is 1.58 bits per heavy atom. The van der Waals surface area contributed by atoms with Crippen LogP contribution in [0.5, 0.6) is 0 Å². The van der Waals surface area contributed by atoms with Gasteiger partial charge in [-0.25, -0.2) is 0 Å². The van der Waals surface area contributed by atoms with E-state index in [1.165, 1.54) is 11.3 Å². The third-order valence-corrected chi connectivity index (χ3v) is 4.23. The molecule has 1 aliphatic heterocycles. The molecule has 0 bridgehead atoms. The fourth-order valence-electron chi connectivity index (χ4n) is 1.94. The Labute approximate surface area is 118 Å². The standard InChI is InChI=1S/C12H12ClN3O2S/c13-10-2-1-9(19-10)8-5-11(16-15-8)14-12(17)7-3-4-18-6-7/h1-2,5,7H,3-4,6H2,(H2,14,15,16,17)/t7-/m0/s1. The van der Waals surface area contributed by atoms with Crippen LogP contribution in [0.3, 0.4) is 0 Å². The first-order chi connectivity index (χ1) is 9.22.